The topological polar surface area (TPSA) is 7.12 Å². The predicted molar refractivity (Wildman–Crippen MR) is 105 cm³/mol. The first-order chi connectivity index (χ1) is 12.3. The Hall–Kier alpha value is -1.79. The van der Waals surface area contributed by atoms with E-state index in [9.17, 15) is 0 Å². The van der Waals surface area contributed by atoms with Gasteiger partial charge in [0.15, 0.2) is 6.20 Å². The quantitative estimate of drug-likeness (QED) is 0.418. The lowest BCUT2D eigenvalue weighted by atomic mass is 10.1. The van der Waals surface area contributed by atoms with Crippen LogP contribution < -0.4 is 33.4 Å². The second-order valence-corrected chi connectivity index (χ2v) is 7.56. The molecular formula is C22H19IN2S. The molecule has 5 rings (SSSR count). The number of hydrogen-bond acceptors (Lipinski definition) is 2. The molecular weight excluding hydrogens is 451 g/mol. The Bertz CT molecular complexity index is 1050. The molecule has 26 heavy (non-hydrogen) atoms. The van der Waals surface area contributed by atoms with Crippen LogP contribution in [0, 0.1) is 0 Å². The van der Waals surface area contributed by atoms with Crippen LogP contribution in [0.25, 0.3) is 17.0 Å². The highest BCUT2D eigenvalue weighted by Crippen LogP contribution is 2.50. The van der Waals surface area contributed by atoms with Crippen molar-refractivity contribution in [3.63, 3.8) is 0 Å². The normalized spacial score (nSPS) is 15.5. The summed E-state index contributed by atoms with van der Waals surface area (Å²) < 4.78 is 2.18. The fourth-order valence-electron chi connectivity index (χ4n) is 3.71. The molecule has 130 valence electrons. The van der Waals surface area contributed by atoms with Crippen LogP contribution in [0.2, 0.25) is 0 Å². The van der Waals surface area contributed by atoms with Crippen molar-refractivity contribution in [3.8, 4) is 0 Å². The van der Waals surface area contributed by atoms with Crippen molar-refractivity contribution in [2.75, 3.05) is 11.4 Å². The molecule has 2 aromatic carbocycles. The summed E-state index contributed by atoms with van der Waals surface area (Å²) in [7, 11) is 2.10. The number of rotatable bonds is 2. The van der Waals surface area contributed by atoms with Crippen molar-refractivity contribution in [3.05, 3.63) is 83.0 Å². The summed E-state index contributed by atoms with van der Waals surface area (Å²) in [5.41, 5.74) is 5.35. The third kappa shape index (κ3) is 2.85. The van der Waals surface area contributed by atoms with Gasteiger partial charge in [-0.3, -0.25) is 0 Å². The van der Waals surface area contributed by atoms with Crippen LogP contribution in [0.1, 0.15) is 12.0 Å². The lowest BCUT2D eigenvalue weighted by Crippen LogP contribution is -3.00. The number of hydrogen-bond donors (Lipinski definition) is 0. The molecule has 2 nitrogen and oxygen atoms in total. The summed E-state index contributed by atoms with van der Waals surface area (Å²) in [5, 5.41) is 2.70. The lowest BCUT2D eigenvalue weighted by Gasteiger charge is -2.13. The Morgan fingerprint density at radius 2 is 1.81 bits per heavy atom. The zero-order chi connectivity index (χ0) is 16.8. The Morgan fingerprint density at radius 3 is 2.73 bits per heavy atom. The van der Waals surface area contributed by atoms with E-state index in [0.29, 0.717) is 0 Å². The van der Waals surface area contributed by atoms with E-state index in [-0.39, 0.29) is 24.0 Å². The summed E-state index contributed by atoms with van der Waals surface area (Å²) >= 11 is 1.91. The Balaban J connectivity index is 0.00000168. The molecule has 0 saturated carbocycles. The number of anilines is 1. The molecule has 0 atom stereocenters. The molecule has 0 saturated heterocycles. The standard InChI is InChI=1S/C22H19N2S.HI/c1-23-14-12-16(18-6-2-3-7-19(18)23)10-11-17-13-15-24-20-8-4-5-9-21(20)25-22(17)24;/h2-12,14H,13,15H2,1H3;1H/q+1;/p-1. The number of nitrogens with zero attached hydrogens (tertiary/aromatic N) is 2. The molecule has 0 unspecified atom stereocenters. The van der Waals surface area contributed by atoms with Crippen molar-refractivity contribution in [1.82, 2.24) is 0 Å². The number of halogens is 1. The molecule has 0 aliphatic carbocycles. The number of allylic oxidation sites excluding steroid dienone is 1. The van der Waals surface area contributed by atoms with Gasteiger partial charge in [-0.2, -0.15) is 0 Å². The van der Waals surface area contributed by atoms with Gasteiger partial charge in [0, 0.05) is 23.6 Å². The SMILES string of the molecule is C[n+]1ccc(C=CC2=C3Sc4ccccc4N3CC2)c2ccccc21.[I-]. The number of aromatic nitrogens is 1. The average molecular weight is 470 g/mol. The van der Waals surface area contributed by atoms with Crippen LogP contribution in [0.15, 0.2) is 82.4 Å². The summed E-state index contributed by atoms with van der Waals surface area (Å²) in [6.07, 6.45) is 7.85. The van der Waals surface area contributed by atoms with E-state index in [1.165, 1.54) is 37.7 Å². The van der Waals surface area contributed by atoms with Gasteiger partial charge < -0.3 is 28.9 Å². The van der Waals surface area contributed by atoms with Crippen LogP contribution >= 0.6 is 11.8 Å². The highest BCUT2D eigenvalue weighted by Gasteiger charge is 2.30. The van der Waals surface area contributed by atoms with Crippen LogP contribution in [-0.2, 0) is 7.05 Å². The Morgan fingerprint density at radius 1 is 1.00 bits per heavy atom. The Kier molecular flexibility index (Phi) is 4.80. The lowest BCUT2D eigenvalue weighted by molar-refractivity contribution is -0.644. The van der Waals surface area contributed by atoms with Gasteiger partial charge in [0.1, 0.15) is 7.05 Å². The number of benzene rings is 2. The van der Waals surface area contributed by atoms with Gasteiger partial charge in [0.05, 0.1) is 16.1 Å². The maximum atomic E-state index is 2.46. The van der Waals surface area contributed by atoms with Crippen molar-refractivity contribution in [2.24, 2.45) is 7.05 Å². The second-order valence-electron chi connectivity index (χ2n) is 6.53. The van der Waals surface area contributed by atoms with Crippen LogP contribution in [0.3, 0.4) is 0 Å². The molecule has 0 amide bonds. The van der Waals surface area contributed by atoms with Crippen LogP contribution in [0.4, 0.5) is 5.69 Å². The second kappa shape index (κ2) is 7.08. The third-order valence-corrected chi connectivity index (χ3v) is 6.27. The third-order valence-electron chi connectivity index (χ3n) is 5.02. The average Bonchev–Trinajstić information content (AvgIpc) is 3.21. The van der Waals surface area contributed by atoms with Gasteiger partial charge in [-0.05, 0) is 35.8 Å². The fraction of sp³-hybridized carbons (Fsp3) is 0.136. The summed E-state index contributed by atoms with van der Waals surface area (Å²) in [6, 6.07) is 19.5. The van der Waals surface area contributed by atoms with Crippen molar-refractivity contribution < 1.29 is 28.5 Å². The van der Waals surface area contributed by atoms with Crippen molar-refractivity contribution in [2.45, 2.75) is 11.3 Å². The summed E-state index contributed by atoms with van der Waals surface area (Å²) in [6.45, 7) is 1.09. The highest BCUT2D eigenvalue weighted by molar-refractivity contribution is 8.03. The minimum absolute atomic E-state index is 0. The fourth-order valence-corrected chi connectivity index (χ4v) is 4.95. The molecule has 1 aromatic heterocycles. The number of pyridine rings is 1. The van der Waals surface area contributed by atoms with E-state index in [4.69, 9.17) is 0 Å². The minimum Gasteiger partial charge on any atom is -1.00 e. The van der Waals surface area contributed by atoms with Gasteiger partial charge >= 0.3 is 0 Å². The van der Waals surface area contributed by atoms with Gasteiger partial charge in [-0.1, -0.05) is 48.2 Å². The van der Waals surface area contributed by atoms with Gasteiger partial charge in [0.2, 0.25) is 5.52 Å². The number of para-hydroxylation sites is 2. The van der Waals surface area contributed by atoms with E-state index < -0.39 is 0 Å². The van der Waals surface area contributed by atoms with E-state index in [1.54, 1.807) is 0 Å². The van der Waals surface area contributed by atoms with E-state index >= 15 is 0 Å². The minimum atomic E-state index is 0. The van der Waals surface area contributed by atoms with Gasteiger partial charge in [-0.15, -0.1) is 0 Å². The maximum Gasteiger partial charge on any atom is 0.212 e. The molecule has 0 bridgehead atoms. The molecule has 4 heteroatoms. The zero-order valence-electron chi connectivity index (χ0n) is 14.5. The Labute approximate surface area is 175 Å². The van der Waals surface area contributed by atoms with Crippen molar-refractivity contribution >= 4 is 34.4 Å². The first-order valence-corrected chi connectivity index (χ1v) is 9.46. The van der Waals surface area contributed by atoms with E-state index in [2.05, 4.69) is 89.5 Å². The number of thioether (sulfide) groups is 1. The molecule has 0 spiro atoms. The smallest absolute Gasteiger partial charge is 0.212 e. The highest BCUT2D eigenvalue weighted by atomic mass is 127. The molecule has 0 N–H and O–H groups in total. The molecule has 2 aliphatic rings. The maximum absolute atomic E-state index is 2.46. The predicted octanol–water partition coefficient (Wildman–Crippen LogP) is 1.91. The van der Waals surface area contributed by atoms with Crippen LogP contribution in [0.5, 0.6) is 0 Å². The molecule has 0 radical (unpaired) electrons. The van der Waals surface area contributed by atoms with Gasteiger partial charge in [0.25, 0.3) is 0 Å². The van der Waals surface area contributed by atoms with Gasteiger partial charge in [-0.25, -0.2) is 4.57 Å². The summed E-state index contributed by atoms with van der Waals surface area (Å²) in [5.74, 6) is 0. The first kappa shape index (κ1) is 17.6. The molecule has 0 fully saturated rings. The number of fused-ring (bicyclic) bond motifs is 4. The first-order valence-electron chi connectivity index (χ1n) is 8.64. The summed E-state index contributed by atoms with van der Waals surface area (Å²) in [4.78, 5) is 3.84. The van der Waals surface area contributed by atoms with E-state index in [1.807, 2.05) is 11.8 Å². The molecule has 3 heterocycles. The number of aryl methyl sites for hydroxylation is 1. The zero-order valence-corrected chi connectivity index (χ0v) is 17.5. The monoisotopic (exact) mass is 470 g/mol. The van der Waals surface area contributed by atoms with E-state index in [0.717, 1.165) is 13.0 Å². The molecule has 2 aliphatic heterocycles. The largest absolute Gasteiger partial charge is 1.00 e. The molecule has 3 aromatic rings. The van der Waals surface area contributed by atoms with Crippen LogP contribution in [-0.4, -0.2) is 6.54 Å². The van der Waals surface area contributed by atoms with Crippen molar-refractivity contribution in [1.29, 1.82) is 0 Å².